The second kappa shape index (κ2) is 10.6. The molecule has 0 saturated heterocycles. The average Bonchev–Trinajstić information content (AvgIpc) is 2.85. The van der Waals surface area contributed by atoms with Crippen molar-refractivity contribution in [1.82, 2.24) is 0 Å². The fourth-order valence-corrected chi connectivity index (χ4v) is 4.64. The number of rotatable bonds is 7. The number of carbonyl (C=O) groups excluding carboxylic acids is 2. The zero-order valence-corrected chi connectivity index (χ0v) is 19.5. The van der Waals surface area contributed by atoms with E-state index in [0.29, 0.717) is 31.4 Å². The fourth-order valence-electron chi connectivity index (χ4n) is 4.64. The summed E-state index contributed by atoms with van der Waals surface area (Å²) in [5.74, 6) is -0.543. The van der Waals surface area contributed by atoms with E-state index in [1.54, 1.807) is 12.0 Å². The molecule has 0 unspecified atom stereocenters. The van der Waals surface area contributed by atoms with Crippen LogP contribution in [0.3, 0.4) is 0 Å². The first-order valence-corrected chi connectivity index (χ1v) is 11.6. The number of benzene rings is 3. The van der Waals surface area contributed by atoms with Crippen molar-refractivity contribution in [2.24, 2.45) is 0 Å². The minimum absolute atomic E-state index is 0.0218. The molecule has 5 nitrogen and oxygen atoms in total. The SMILES string of the molecule is COCCCC(=O)N(c1ccccc1)[C@H]1C[C@@H](C)N(C(=O)c2ccc(F)cc2)c2ccccc21. The van der Waals surface area contributed by atoms with Gasteiger partial charge >= 0.3 is 0 Å². The number of anilines is 2. The molecule has 0 fully saturated rings. The summed E-state index contributed by atoms with van der Waals surface area (Å²) in [6.45, 7) is 2.51. The Balaban J connectivity index is 1.73. The van der Waals surface area contributed by atoms with Gasteiger partial charge in [-0.15, -0.1) is 0 Å². The Morgan fingerprint density at radius 2 is 1.68 bits per heavy atom. The van der Waals surface area contributed by atoms with Gasteiger partial charge in [0.1, 0.15) is 5.82 Å². The highest BCUT2D eigenvalue weighted by molar-refractivity contribution is 6.07. The Morgan fingerprint density at radius 3 is 2.38 bits per heavy atom. The smallest absolute Gasteiger partial charge is 0.258 e. The van der Waals surface area contributed by atoms with E-state index < -0.39 is 0 Å². The molecule has 2 amide bonds. The van der Waals surface area contributed by atoms with Gasteiger partial charge in [0.15, 0.2) is 0 Å². The minimum atomic E-state index is -0.380. The van der Waals surface area contributed by atoms with E-state index in [4.69, 9.17) is 4.74 Å². The van der Waals surface area contributed by atoms with E-state index in [-0.39, 0.29) is 29.7 Å². The average molecular weight is 461 g/mol. The highest BCUT2D eigenvalue weighted by atomic mass is 19.1. The fraction of sp³-hybridized carbons (Fsp3) is 0.286. The monoisotopic (exact) mass is 460 g/mol. The molecule has 176 valence electrons. The van der Waals surface area contributed by atoms with Crippen LogP contribution < -0.4 is 9.80 Å². The highest BCUT2D eigenvalue weighted by Crippen LogP contribution is 2.43. The second-order valence-electron chi connectivity index (χ2n) is 8.54. The summed E-state index contributed by atoms with van der Waals surface area (Å²) in [4.78, 5) is 30.5. The maximum Gasteiger partial charge on any atom is 0.258 e. The first-order valence-electron chi connectivity index (χ1n) is 11.6. The predicted octanol–water partition coefficient (Wildman–Crippen LogP) is 5.77. The Morgan fingerprint density at radius 1 is 1.00 bits per heavy atom. The van der Waals surface area contributed by atoms with E-state index in [0.717, 1.165) is 16.9 Å². The largest absolute Gasteiger partial charge is 0.385 e. The topological polar surface area (TPSA) is 49.9 Å². The Hall–Kier alpha value is -3.51. The molecule has 0 bridgehead atoms. The summed E-state index contributed by atoms with van der Waals surface area (Å²) in [5, 5.41) is 0. The normalized spacial score (nSPS) is 17.2. The molecule has 4 rings (SSSR count). The van der Waals surface area contributed by atoms with Crippen LogP contribution in [0.15, 0.2) is 78.9 Å². The quantitative estimate of drug-likeness (QED) is 0.421. The number of hydrogen-bond donors (Lipinski definition) is 0. The highest BCUT2D eigenvalue weighted by Gasteiger charge is 2.38. The van der Waals surface area contributed by atoms with Crippen LogP contribution in [-0.4, -0.2) is 31.6 Å². The third kappa shape index (κ3) is 4.87. The van der Waals surface area contributed by atoms with Crippen molar-refractivity contribution in [1.29, 1.82) is 0 Å². The maximum absolute atomic E-state index is 13.5. The van der Waals surface area contributed by atoms with Crippen molar-refractivity contribution in [3.63, 3.8) is 0 Å². The van der Waals surface area contributed by atoms with Crippen molar-refractivity contribution in [3.05, 3.63) is 95.8 Å². The lowest BCUT2D eigenvalue weighted by molar-refractivity contribution is -0.119. The number of hydrogen-bond acceptors (Lipinski definition) is 3. The van der Waals surface area contributed by atoms with Gasteiger partial charge in [0, 0.05) is 43.1 Å². The molecule has 3 aromatic carbocycles. The summed E-state index contributed by atoms with van der Waals surface area (Å²) in [6.07, 6.45) is 1.58. The zero-order valence-electron chi connectivity index (χ0n) is 19.5. The van der Waals surface area contributed by atoms with Gasteiger partial charge in [0.05, 0.1) is 6.04 Å². The Kier molecular flexibility index (Phi) is 7.38. The molecule has 0 aliphatic carbocycles. The molecule has 1 aliphatic heterocycles. The molecule has 2 atom stereocenters. The van der Waals surface area contributed by atoms with Crippen LogP contribution in [-0.2, 0) is 9.53 Å². The van der Waals surface area contributed by atoms with Gasteiger partial charge in [-0.2, -0.15) is 0 Å². The standard InChI is InChI=1S/C28H29FN2O3/c1-20-19-26(31(23-9-4-3-5-10-23)27(32)13-8-18-34-2)24-11-6-7-12-25(24)30(20)28(33)21-14-16-22(29)17-15-21/h3-7,9-12,14-17,20,26H,8,13,18-19H2,1-2H3/t20-,26+/m1/s1. The van der Waals surface area contributed by atoms with Crippen molar-refractivity contribution in [2.45, 2.75) is 38.3 Å². The van der Waals surface area contributed by atoms with Gasteiger partial charge in [-0.3, -0.25) is 9.59 Å². The van der Waals surface area contributed by atoms with Crippen LogP contribution in [0.2, 0.25) is 0 Å². The summed E-state index contributed by atoms with van der Waals surface area (Å²) < 4.78 is 18.6. The lowest BCUT2D eigenvalue weighted by Gasteiger charge is -2.43. The third-order valence-corrected chi connectivity index (χ3v) is 6.22. The second-order valence-corrected chi connectivity index (χ2v) is 8.54. The summed E-state index contributed by atoms with van der Waals surface area (Å²) in [6, 6.07) is 22.6. The van der Waals surface area contributed by atoms with Gasteiger partial charge in [-0.05, 0) is 67.8 Å². The van der Waals surface area contributed by atoms with Crippen LogP contribution >= 0.6 is 0 Å². The molecule has 0 saturated carbocycles. The van der Waals surface area contributed by atoms with Gasteiger partial charge in [-0.1, -0.05) is 36.4 Å². The summed E-state index contributed by atoms with van der Waals surface area (Å²) >= 11 is 0. The van der Waals surface area contributed by atoms with Crippen molar-refractivity contribution >= 4 is 23.2 Å². The molecule has 6 heteroatoms. The molecule has 0 spiro atoms. The molecule has 1 aliphatic rings. The molecule has 1 heterocycles. The number of carbonyl (C=O) groups is 2. The van der Waals surface area contributed by atoms with Crippen LogP contribution in [0.5, 0.6) is 0 Å². The predicted molar refractivity (Wildman–Crippen MR) is 132 cm³/mol. The zero-order chi connectivity index (χ0) is 24.1. The maximum atomic E-state index is 13.5. The van der Waals surface area contributed by atoms with Gasteiger partial charge in [0.25, 0.3) is 5.91 Å². The van der Waals surface area contributed by atoms with Crippen LogP contribution in [0.1, 0.15) is 48.1 Å². The molecular formula is C28H29FN2O3. The first kappa shape index (κ1) is 23.6. The lowest BCUT2D eigenvalue weighted by Crippen LogP contribution is -2.47. The van der Waals surface area contributed by atoms with E-state index in [1.807, 2.05) is 66.4 Å². The lowest BCUT2D eigenvalue weighted by atomic mass is 9.89. The number of ether oxygens (including phenoxy) is 1. The van der Waals surface area contributed by atoms with Gasteiger partial charge < -0.3 is 14.5 Å². The van der Waals surface area contributed by atoms with E-state index in [2.05, 4.69) is 0 Å². The molecule has 0 radical (unpaired) electrons. The summed E-state index contributed by atoms with van der Waals surface area (Å²) in [5.41, 5.74) is 2.94. The molecular weight excluding hydrogens is 431 g/mol. The number of amides is 2. The Labute approximate surface area is 199 Å². The van der Waals surface area contributed by atoms with Crippen LogP contribution in [0.25, 0.3) is 0 Å². The molecule has 34 heavy (non-hydrogen) atoms. The minimum Gasteiger partial charge on any atom is -0.385 e. The van der Waals surface area contributed by atoms with E-state index >= 15 is 0 Å². The van der Waals surface area contributed by atoms with Gasteiger partial charge in [-0.25, -0.2) is 4.39 Å². The van der Waals surface area contributed by atoms with Crippen molar-refractivity contribution in [2.75, 3.05) is 23.5 Å². The van der Waals surface area contributed by atoms with Crippen molar-refractivity contribution < 1.29 is 18.7 Å². The number of nitrogens with zero attached hydrogens (tertiary/aromatic N) is 2. The third-order valence-electron chi connectivity index (χ3n) is 6.22. The number of methoxy groups -OCH3 is 1. The van der Waals surface area contributed by atoms with Crippen LogP contribution in [0, 0.1) is 5.82 Å². The first-order chi connectivity index (χ1) is 16.5. The van der Waals surface area contributed by atoms with Crippen molar-refractivity contribution in [3.8, 4) is 0 Å². The molecule has 3 aromatic rings. The number of para-hydroxylation sites is 2. The van der Waals surface area contributed by atoms with Crippen LogP contribution in [0.4, 0.5) is 15.8 Å². The Bertz CT molecular complexity index is 1130. The van der Waals surface area contributed by atoms with E-state index in [1.165, 1.54) is 24.3 Å². The molecule has 0 N–H and O–H groups in total. The van der Waals surface area contributed by atoms with Gasteiger partial charge in [0.2, 0.25) is 5.91 Å². The van der Waals surface area contributed by atoms with E-state index in [9.17, 15) is 14.0 Å². The number of fused-ring (bicyclic) bond motifs is 1. The summed E-state index contributed by atoms with van der Waals surface area (Å²) in [7, 11) is 1.63. The molecule has 0 aromatic heterocycles. The number of halogens is 1.